The zero-order chi connectivity index (χ0) is 23.5. The van der Waals surface area contributed by atoms with Gasteiger partial charge in [0.15, 0.2) is 0 Å². The number of rotatable bonds is 6. The monoisotopic (exact) mass is 455 g/mol. The van der Waals surface area contributed by atoms with E-state index in [9.17, 15) is 4.79 Å². The fourth-order valence-corrected chi connectivity index (χ4v) is 4.37. The maximum absolute atomic E-state index is 13.0. The molecule has 8 heteroatoms. The highest BCUT2D eigenvalue weighted by molar-refractivity contribution is 6.05. The topological polar surface area (TPSA) is 88.0 Å². The van der Waals surface area contributed by atoms with E-state index in [0.29, 0.717) is 5.69 Å². The van der Waals surface area contributed by atoms with Crippen LogP contribution in [-0.4, -0.2) is 51.8 Å². The minimum Gasteiger partial charge on any atom is -0.369 e. The summed E-state index contributed by atoms with van der Waals surface area (Å²) in [6.45, 7) is 6.08. The number of amides is 1. The van der Waals surface area contributed by atoms with E-state index in [0.717, 1.165) is 60.4 Å². The Hall–Kier alpha value is -3.78. The van der Waals surface area contributed by atoms with Gasteiger partial charge >= 0.3 is 0 Å². The van der Waals surface area contributed by atoms with Gasteiger partial charge in [-0.25, -0.2) is 0 Å². The molecule has 1 fully saturated rings. The molecule has 0 radical (unpaired) electrons. The molecule has 5 rings (SSSR count). The Morgan fingerprint density at radius 1 is 1.12 bits per heavy atom. The quantitative estimate of drug-likeness (QED) is 0.464. The summed E-state index contributed by atoms with van der Waals surface area (Å²) in [6, 6.07) is 16.2. The van der Waals surface area contributed by atoms with Crippen LogP contribution in [0.25, 0.3) is 10.8 Å². The average molecular weight is 456 g/mol. The Bertz CT molecular complexity index is 1310. The molecule has 0 aliphatic carbocycles. The van der Waals surface area contributed by atoms with Crippen LogP contribution in [0.3, 0.4) is 0 Å². The van der Waals surface area contributed by atoms with Crippen molar-refractivity contribution < 1.29 is 4.79 Å². The number of nitrogens with zero attached hydrogens (tertiary/aromatic N) is 5. The van der Waals surface area contributed by atoms with Crippen molar-refractivity contribution in [3.63, 3.8) is 0 Å². The van der Waals surface area contributed by atoms with Gasteiger partial charge in [-0.2, -0.15) is 0 Å². The molecule has 8 nitrogen and oxygen atoms in total. The first-order valence-corrected chi connectivity index (χ1v) is 11.7. The molecule has 1 saturated heterocycles. The van der Waals surface area contributed by atoms with Crippen LogP contribution in [0.5, 0.6) is 0 Å². The number of piperazine rings is 1. The van der Waals surface area contributed by atoms with E-state index in [2.05, 4.69) is 61.9 Å². The van der Waals surface area contributed by atoms with Gasteiger partial charge < -0.3 is 20.1 Å². The molecule has 1 atom stereocenters. The van der Waals surface area contributed by atoms with E-state index >= 15 is 0 Å². The lowest BCUT2D eigenvalue weighted by molar-refractivity contribution is 0.102. The summed E-state index contributed by atoms with van der Waals surface area (Å²) in [5.74, 6) is 0.956. The van der Waals surface area contributed by atoms with Crippen LogP contribution in [0.2, 0.25) is 0 Å². The molecule has 1 amide bonds. The molecule has 2 aromatic carbocycles. The fourth-order valence-electron chi connectivity index (χ4n) is 4.37. The number of pyridine rings is 1. The minimum absolute atomic E-state index is 0.215. The van der Waals surface area contributed by atoms with Gasteiger partial charge in [0.1, 0.15) is 17.8 Å². The molecular weight excluding hydrogens is 426 g/mol. The number of fused-ring (bicyclic) bond motifs is 1. The van der Waals surface area contributed by atoms with Crippen molar-refractivity contribution >= 4 is 28.1 Å². The van der Waals surface area contributed by atoms with Crippen molar-refractivity contribution in [3.05, 3.63) is 78.1 Å². The summed E-state index contributed by atoms with van der Waals surface area (Å²) in [5, 5.41) is 16.6. The Morgan fingerprint density at radius 3 is 2.76 bits per heavy atom. The van der Waals surface area contributed by atoms with Gasteiger partial charge in [-0.15, -0.1) is 10.2 Å². The number of hydrogen-bond donors (Lipinski definition) is 2. The molecule has 2 aromatic heterocycles. The summed E-state index contributed by atoms with van der Waals surface area (Å²) >= 11 is 0. The lowest BCUT2D eigenvalue weighted by Gasteiger charge is -2.29. The zero-order valence-electron chi connectivity index (χ0n) is 19.5. The predicted octanol–water partition coefficient (Wildman–Crippen LogP) is 3.37. The van der Waals surface area contributed by atoms with Gasteiger partial charge in [-0.1, -0.05) is 25.1 Å². The number of benzene rings is 2. The van der Waals surface area contributed by atoms with E-state index in [1.807, 2.05) is 35.9 Å². The molecular formula is C26H29N7O. The van der Waals surface area contributed by atoms with Crippen molar-refractivity contribution in [2.24, 2.45) is 7.05 Å². The summed E-state index contributed by atoms with van der Waals surface area (Å²) < 4.78 is 1.93. The van der Waals surface area contributed by atoms with Gasteiger partial charge in [-0.3, -0.25) is 9.78 Å². The molecule has 174 valence electrons. The smallest absolute Gasteiger partial charge is 0.274 e. The van der Waals surface area contributed by atoms with E-state index in [4.69, 9.17) is 0 Å². The standard InChI is InChI=1S/C26H29N7O/c1-18(12-25-31-29-17-32(25)2)19-4-3-5-22(13-19)30-26(34)24-15-21-14-23(7-6-20(21)16-28-24)33-10-8-27-9-11-33/h3-7,13-18,27H,8-12H2,1-2H3,(H,30,34)/t18-/m1/s1. The van der Waals surface area contributed by atoms with Gasteiger partial charge in [0, 0.05) is 62.6 Å². The van der Waals surface area contributed by atoms with Gasteiger partial charge in [0.05, 0.1) is 0 Å². The van der Waals surface area contributed by atoms with Crippen molar-refractivity contribution in [1.29, 1.82) is 0 Å². The second-order valence-corrected chi connectivity index (χ2v) is 8.88. The van der Waals surface area contributed by atoms with Crippen molar-refractivity contribution in [1.82, 2.24) is 25.1 Å². The second-order valence-electron chi connectivity index (χ2n) is 8.88. The molecule has 1 aliphatic heterocycles. The van der Waals surface area contributed by atoms with E-state index in [1.54, 1.807) is 12.5 Å². The van der Waals surface area contributed by atoms with E-state index in [-0.39, 0.29) is 11.8 Å². The maximum atomic E-state index is 13.0. The van der Waals surface area contributed by atoms with Crippen LogP contribution >= 0.6 is 0 Å². The predicted molar refractivity (Wildman–Crippen MR) is 134 cm³/mol. The number of carbonyl (C=O) groups is 1. The van der Waals surface area contributed by atoms with E-state index in [1.165, 1.54) is 5.69 Å². The molecule has 2 N–H and O–H groups in total. The lowest BCUT2D eigenvalue weighted by Crippen LogP contribution is -2.43. The highest BCUT2D eigenvalue weighted by Crippen LogP contribution is 2.25. The van der Waals surface area contributed by atoms with Crippen LogP contribution in [0.4, 0.5) is 11.4 Å². The first-order chi connectivity index (χ1) is 16.6. The molecule has 0 unspecified atom stereocenters. The lowest BCUT2D eigenvalue weighted by atomic mass is 9.97. The maximum Gasteiger partial charge on any atom is 0.274 e. The Balaban J connectivity index is 1.32. The molecule has 1 aliphatic rings. The van der Waals surface area contributed by atoms with Crippen molar-refractivity contribution in [2.75, 3.05) is 36.4 Å². The van der Waals surface area contributed by atoms with Crippen LogP contribution < -0.4 is 15.5 Å². The van der Waals surface area contributed by atoms with Crippen molar-refractivity contribution in [2.45, 2.75) is 19.3 Å². The molecule has 4 aromatic rings. The number of carbonyl (C=O) groups excluding carboxylic acids is 1. The third-order valence-electron chi connectivity index (χ3n) is 6.43. The number of aryl methyl sites for hydroxylation is 1. The Labute approximate surface area is 199 Å². The second kappa shape index (κ2) is 9.61. The number of hydrogen-bond acceptors (Lipinski definition) is 6. The summed E-state index contributed by atoms with van der Waals surface area (Å²) in [7, 11) is 1.95. The van der Waals surface area contributed by atoms with Crippen LogP contribution in [0, 0.1) is 0 Å². The summed E-state index contributed by atoms with van der Waals surface area (Å²) in [4.78, 5) is 19.8. The molecule has 0 bridgehead atoms. The fraction of sp³-hybridized carbons (Fsp3) is 0.308. The molecule has 0 spiro atoms. The first kappa shape index (κ1) is 22.0. The first-order valence-electron chi connectivity index (χ1n) is 11.7. The highest BCUT2D eigenvalue weighted by Gasteiger charge is 2.15. The van der Waals surface area contributed by atoms with Gasteiger partial charge in [0.25, 0.3) is 5.91 Å². The zero-order valence-corrected chi connectivity index (χ0v) is 19.5. The van der Waals surface area contributed by atoms with Crippen LogP contribution in [-0.2, 0) is 13.5 Å². The van der Waals surface area contributed by atoms with Crippen molar-refractivity contribution in [3.8, 4) is 0 Å². The third-order valence-corrected chi connectivity index (χ3v) is 6.43. The van der Waals surface area contributed by atoms with E-state index < -0.39 is 0 Å². The third kappa shape index (κ3) is 4.77. The Kier molecular flexibility index (Phi) is 6.22. The molecule has 0 saturated carbocycles. The van der Waals surface area contributed by atoms with Crippen LogP contribution in [0.1, 0.15) is 34.7 Å². The SMILES string of the molecule is C[C@H](Cc1nncn1C)c1cccc(NC(=O)c2cc3cc(N4CCNCC4)ccc3cn2)c1. The average Bonchev–Trinajstić information content (AvgIpc) is 3.28. The molecule has 34 heavy (non-hydrogen) atoms. The molecule has 3 heterocycles. The highest BCUT2D eigenvalue weighted by atomic mass is 16.1. The van der Waals surface area contributed by atoms with Crippen LogP contribution in [0.15, 0.2) is 61.1 Å². The number of aromatic nitrogens is 4. The minimum atomic E-state index is -0.215. The Morgan fingerprint density at radius 2 is 1.97 bits per heavy atom. The summed E-state index contributed by atoms with van der Waals surface area (Å²) in [6.07, 6.45) is 4.25. The normalized spacial score (nSPS) is 14.8. The number of nitrogens with one attached hydrogen (secondary N) is 2. The largest absolute Gasteiger partial charge is 0.369 e. The number of anilines is 2. The summed E-state index contributed by atoms with van der Waals surface area (Å²) in [5.41, 5.74) is 3.47. The van der Waals surface area contributed by atoms with Gasteiger partial charge in [0.2, 0.25) is 0 Å². The van der Waals surface area contributed by atoms with Gasteiger partial charge in [-0.05, 0) is 47.2 Å².